The minimum Gasteiger partial charge on any atom is -0.493 e. The average molecular weight is 287 g/mol. The number of alkyl halides is 2. The van der Waals surface area contributed by atoms with Gasteiger partial charge in [-0.15, -0.1) is 0 Å². The summed E-state index contributed by atoms with van der Waals surface area (Å²) in [6.45, 7) is 5.20. The zero-order valence-electron chi connectivity index (χ0n) is 12.3. The highest BCUT2D eigenvalue weighted by atomic mass is 19.3. The third-order valence-corrected chi connectivity index (χ3v) is 2.60. The SMILES string of the molecule is CCCOc1ccc(CNCC(C)C)c(OC(F)F)c1. The van der Waals surface area contributed by atoms with Crippen LogP contribution in [0.4, 0.5) is 8.78 Å². The summed E-state index contributed by atoms with van der Waals surface area (Å²) >= 11 is 0. The van der Waals surface area contributed by atoms with Gasteiger partial charge in [0.25, 0.3) is 0 Å². The fourth-order valence-electron chi connectivity index (χ4n) is 1.69. The summed E-state index contributed by atoms with van der Waals surface area (Å²) < 4.78 is 34.9. The van der Waals surface area contributed by atoms with Crippen LogP contribution in [0.3, 0.4) is 0 Å². The molecule has 0 saturated carbocycles. The molecule has 0 radical (unpaired) electrons. The number of benzene rings is 1. The van der Waals surface area contributed by atoms with E-state index >= 15 is 0 Å². The third-order valence-electron chi connectivity index (χ3n) is 2.60. The molecule has 0 atom stereocenters. The molecule has 0 aliphatic rings. The summed E-state index contributed by atoms with van der Waals surface area (Å²) in [4.78, 5) is 0. The molecule has 0 bridgehead atoms. The van der Waals surface area contributed by atoms with Crippen LogP contribution in [0, 0.1) is 5.92 Å². The van der Waals surface area contributed by atoms with Crippen LogP contribution < -0.4 is 14.8 Å². The van der Waals surface area contributed by atoms with Crippen LogP contribution in [0.15, 0.2) is 18.2 Å². The van der Waals surface area contributed by atoms with Crippen molar-refractivity contribution in [3.8, 4) is 11.5 Å². The Morgan fingerprint density at radius 3 is 2.60 bits per heavy atom. The first-order valence-corrected chi connectivity index (χ1v) is 6.94. The van der Waals surface area contributed by atoms with Crippen molar-refractivity contribution in [2.75, 3.05) is 13.2 Å². The second kappa shape index (κ2) is 8.74. The molecule has 0 spiro atoms. The number of nitrogens with one attached hydrogen (secondary N) is 1. The third kappa shape index (κ3) is 6.19. The van der Waals surface area contributed by atoms with E-state index in [9.17, 15) is 8.78 Å². The summed E-state index contributed by atoms with van der Waals surface area (Å²) in [5, 5.41) is 3.21. The highest BCUT2D eigenvalue weighted by Crippen LogP contribution is 2.26. The van der Waals surface area contributed by atoms with Gasteiger partial charge >= 0.3 is 6.61 Å². The normalized spacial score (nSPS) is 11.2. The Bertz CT molecular complexity index is 397. The largest absolute Gasteiger partial charge is 0.493 e. The quantitative estimate of drug-likeness (QED) is 0.749. The molecule has 0 unspecified atom stereocenters. The van der Waals surface area contributed by atoms with Crippen LogP contribution in [0.5, 0.6) is 11.5 Å². The maximum absolute atomic E-state index is 12.5. The first-order valence-electron chi connectivity index (χ1n) is 6.94. The average Bonchev–Trinajstić information content (AvgIpc) is 2.37. The van der Waals surface area contributed by atoms with Crippen LogP contribution >= 0.6 is 0 Å². The predicted molar refractivity (Wildman–Crippen MR) is 75.4 cm³/mol. The van der Waals surface area contributed by atoms with E-state index in [1.54, 1.807) is 12.1 Å². The van der Waals surface area contributed by atoms with Gasteiger partial charge in [0.15, 0.2) is 0 Å². The molecule has 0 amide bonds. The van der Waals surface area contributed by atoms with Gasteiger partial charge in [-0.2, -0.15) is 8.78 Å². The molecule has 1 N–H and O–H groups in total. The summed E-state index contributed by atoms with van der Waals surface area (Å²) in [5.41, 5.74) is 0.704. The van der Waals surface area contributed by atoms with Crippen molar-refractivity contribution in [3.05, 3.63) is 23.8 Å². The van der Waals surface area contributed by atoms with Crippen molar-refractivity contribution in [3.63, 3.8) is 0 Å². The Hall–Kier alpha value is -1.36. The van der Waals surface area contributed by atoms with Gasteiger partial charge in [-0.3, -0.25) is 0 Å². The molecule has 0 saturated heterocycles. The highest BCUT2D eigenvalue weighted by Gasteiger charge is 2.11. The summed E-state index contributed by atoms with van der Waals surface area (Å²) in [6.07, 6.45) is 0.864. The predicted octanol–water partition coefficient (Wildman–Crippen LogP) is 3.82. The summed E-state index contributed by atoms with van der Waals surface area (Å²) in [6, 6.07) is 5.06. The number of hydrogen-bond donors (Lipinski definition) is 1. The lowest BCUT2D eigenvalue weighted by Crippen LogP contribution is -2.19. The van der Waals surface area contributed by atoms with Gasteiger partial charge in [0.1, 0.15) is 11.5 Å². The van der Waals surface area contributed by atoms with Crippen LogP contribution in [-0.2, 0) is 6.54 Å². The zero-order chi connectivity index (χ0) is 15.0. The molecular formula is C15H23F2NO2. The minimum atomic E-state index is -2.83. The van der Waals surface area contributed by atoms with Gasteiger partial charge in [-0.25, -0.2) is 0 Å². The van der Waals surface area contributed by atoms with Crippen molar-refractivity contribution >= 4 is 0 Å². The van der Waals surface area contributed by atoms with Crippen LogP contribution in [0.1, 0.15) is 32.8 Å². The molecule has 1 aromatic rings. The van der Waals surface area contributed by atoms with Crippen LogP contribution in [-0.4, -0.2) is 19.8 Å². The van der Waals surface area contributed by atoms with Gasteiger partial charge in [-0.1, -0.05) is 26.8 Å². The standard InChI is InChI=1S/C15H23F2NO2/c1-4-7-19-13-6-5-12(10-18-9-11(2)3)14(8-13)20-15(16)17/h5-6,8,11,15,18H,4,7,9-10H2,1-3H3. The summed E-state index contributed by atoms with van der Waals surface area (Å²) in [7, 11) is 0. The monoisotopic (exact) mass is 287 g/mol. The number of ether oxygens (including phenoxy) is 2. The van der Waals surface area contributed by atoms with Crippen molar-refractivity contribution in [1.29, 1.82) is 0 Å². The van der Waals surface area contributed by atoms with E-state index < -0.39 is 6.61 Å². The molecule has 0 aliphatic heterocycles. The molecule has 0 fully saturated rings. The Labute approximate surface area is 119 Å². The molecule has 20 heavy (non-hydrogen) atoms. The fraction of sp³-hybridized carbons (Fsp3) is 0.600. The number of hydrogen-bond acceptors (Lipinski definition) is 3. The van der Waals surface area contributed by atoms with Gasteiger partial charge in [-0.05, 0) is 24.9 Å². The molecular weight excluding hydrogens is 264 g/mol. The van der Waals surface area contributed by atoms with E-state index in [0.717, 1.165) is 13.0 Å². The van der Waals surface area contributed by atoms with E-state index in [4.69, 9.17) is 4.74 Å². The lowest BCUT2D eigenvalue weighted by Gasteiger charge is -2.14. The first kappa shape index (κ1) is 16.7. The smallest absolute Gasteiger partial charge is 0.387 e. The molecule has 0 aliphatic carbocycles. The number of halogens is 2. The maximum atomic E-state index is 12.5. The minimum absolute atomic E-state index is 0.171. The van der Waals surface area contributed by atoms with Crippen molar-refractivity contribution < 1.29 is 18.3 Å². The van der Waals surface area contributed by atoms with E-state index in [0.29, 0.717) is 30.4 Å². The Kier molecular flexibility index (Phi) is 7.30. The van der Waals surface area contributed by atoms with E-state index in [-0.39, 0.29) is 5.75 Å². The molecule has 1 rings (SSSR count). The second-order valence-corrected chi connectivity index (χ2v) is 5.02. The van der Waals surface area contributed by atoms with Crippen molar-refractivity contribution in [2.45, 2.75) is 40.3 Å². The van der Waals surface area contributed by atoms with Crippen molar-refractivity contribution in [1.82, 2.24) is 5.32 Å². The Morgan fingerprint density at radius 1 is 1.25 bits per heavy atom. The van der Waals surface area contributed by atoms with Gasteiger partial charge in [0.05, 0.1) is 6.61 Å². The van der Waals surface area contributed by atoms with Crippen LogP contribution in [0.2, 0.25) is 0 Å². The molecule has 114 valence electrons. The van der Waals surface area contributed by atoms with Gasteiger partial charge in [0, 0.05) is 18.2 Å². The zero-order valence-corrected chi connectivity index (χ0v) is 12.3. The molecule has 3 nitrogen and oxygen atoms in total. The Morgan fingerprint density at radius 2 is 2.00 bits per heavy atom. The topological polar surface area (TPSA) is 30.5 Å². The van der Waals surface area contributed by atoms with E-state index in [1.165, 1.54) is 6.07 Å². The number of rotatable bonds is 9. The lowest BCUT2D eigenvalue weighted by atomic mass is 10.1. The molecule has 1 aromatic carbocycles. The Balaban J connectivity index is 2.74. The van der Waals surface area contributed by atoms with Gasteiger partial charge in [0.2, 0.25) is 0 Å². The first-order chi connectivity index (χ1) is 9.52. The second-order valence-electron chi connectivity index (χ2n) is 5.02. The molecule has 5 heteroatoms. The van der Waals surface area contributed by atoms with Gasteiger partial charge < -0.3 is 14.8 Å². The van der Waals surface area contributed by atoms with E-state index in [2.05, 4.69) is 23.9 Å². The highest BCUT2D eigenvalue weighted by molar-refractivity contribution is 5.40. The molecule has 0 aromatic heterocycles. The fourth-order valence-corrected chi connectivity index (χ4v) is 1.69. The summed E-state index contributed by atoms with van der Waals surface area (Å²) in [5.74, 6) is 1.22. The maximum Gasteiger partial charge on any atom is 0.387 e. The molecule has 0 heterocycles. The van der Waals surface area contributed by atoms with Crippen molar-refractivity contribution in [2.24, 2.45) is 5.92 Å². The lowest BCUT2D eigenvalue weighted by molar-refractivity contribution is -0.0506. The van der Waals surface area contributed by atoms with Crippen LogP contribution in [0.25, 0.3) is 0 Å². The van der Waals surface area contributed by atoms with E-state index in [1.807, 2.05) is 6.92 Å².